The number of anilines is 3. The second-order valence-corrected chi connectivity index (χ2v) is 11.4. The van der Waals surface area contributed by atoms with Crippen molar-refractivity contribution in [2.45, 2.75) is 6.10 Å². The Balaban J connectivity index is 0.000000173. The third-order valence-electron chi connectivity index (χ3n) is 8.01. The minimum Gasteiger partial charge on any atom is -0.496 e. The summed E-state index contributed by atoms with van der Waals surface area (Å²) in [7, 11) is 3.21. The fraction of sp³-hybridized carbons (Fsp3) is 0.441. The van der Waals surface area contributed by atoms with Crippen molar-refractivity contribution in [1.82, 2.24) is 35.6 Å². The second-order valence-electron chi connectivity index (χ2n) is 11.4. The normalized spacial score (nSPS) is 16.8. The number of methoxy groups -OCH3 is 2. The second kappa shape index (κ2) is 17.9. The van der Waals surface area contributed by atoms with Crippen LogP contribution in [0.5, 0.6) is 34.8 Å². The molecule has 50 heavy (non-hydrogen) atoms. The summed E-state index contributed by atoms with van der Waals surface area (Å²) >= 11 is 0. The quantitative estimate of drug-likeness (QED) is 0.185. The Bertz CT molecular complexity index is 1620. The zero-order valence-corrected chi connectivity index (χ0v) is 28.4. The number of pyridine rings is 1. The van der Waals surface area contributed by atoms with Crippen molar-refractivity contribution in [2.24, 2.45) is 0 Å². The highest BCUT2D eigenvalue weighted by Gasteiger charge is 2.23. The van der Waals surface area contributed by atoms with Gasteiger partial charge in [0, 0.05) is 102 Å². The molecule has 3 N–H and O–H groups in total. The number of hydrogen-bond acceptors (Lipinski definition) is 16. The first kappa shape index (κ1) is 34.5. The largest absolute Gasteiger partial charge is 0.496 e. The minimum absolute atomic E-state index is 0.0976. The van der Waals surface area contributed by atoms with Gasteiger partial charge in [0.15, 0.2) is 23.2 Å². The van der Waals surface area contributed by atoms with Crippen LogP contribution < -0.4 is 54.2 Å². The van der Waals surface area contributed by atoms with Gasteiger partial charge in [0.1, 0.15) is 43.2 Å². The molecule has 0 aliphatic carbocycles. The Morgan fingerprint density at radius 3 is 1.86 bits per heavy atom. The number of hydrogen-bond donors (Lipinski definition) is 3. The lowest BCUT2D eigenvalue weighted by atomic mass is 10.3. The molecule has 1 aromatic carbocycles. The van der Waals surface area contributed by atoms with Gasteiger partial charge in [-0.15, -0.1) is 0 Å². The highest BCUT2D eigenvalue weighted by atomic mass is 16.5. The van der Waals surface area contributed by atoms with E-state index < -0.39 is 0 Å². The van der Waals surface area contributed by atoms with Gasteiger partial charge in [-0.1, -0.05) is 0 Å². The molecule has 16 nitrogen and oxygen atoms in total. The van der Waals surface area contributed by atoms with Crippen LogP contribution in [0.15, 0.2) is 61.3 Å². The van der Waals surface area contributed by atoms with E-state index in [-0.39, 0.29) is 6.10 Å². The van der Waals surface area contributed by atoms with E-state index in [0.717, 1.165) is 75.6 Å². The van der Waals surface area contributed by atoms with Gasteiger partial charge >= 0.3 is 0 Å². The van der Waals surface area contributed by atoms with Crippen molar-refractivity contribution < 1.29 is 28.4 Å². The Labute approximate surface area is 291 Å². The first-order chi connectivity index (χ1) is 24.7. The smallest absolute Gasteiger partial charge is 0.257 e. The summed E-state index contributed by atoms with van der Waals surface area (Å²) in [6.07, 6.45) is 8.31. The number of nitrogens with one attached hydrogen (secondary N) is 3. The summed E-state index contributed by atoms with van der Waals surface area (Å²) < 4.78 is 33.9. The molecular weight excluding hydrogens is 644 g/mol. The summed E-state index contributed by atoms with van der Waals surface area (Å²) in [4.78, 5) is 26.1. The fourth-order valence-electron chi connectivity index (χ4n) is 5.50. The molecule has 7 rings (SSSR count). The lowest BCUT2D eigenvalue weighted by Gasteiger charge is -2.30. The van der Waals surface area contributed by atoms with Crippen molar-refractivity contribution in [3.8, 4) is 34.8 Å². The highest BCUT2D eigenvalue weighted by Crippen LogP contribution is 2.29. The predicted octanol–water partition coefficient (Wildman–Crippen LogP) is 1.89. The maximum absolute atomic E-state index is 5.92. The van der Waals surface area contributed by atoms with Gasteiger partial charge in [-0.25, -0.2) is 24.9 Å². The van der Waals surface area contributed by atoms with Crippen LogP contribution >= 0.6 is 0 Å². The Morgan fingerprint density at radius 1 is 0.680 bits per heavy atom. The standard InChI is InChI=1S/C18H24N4O4.C16H20N6O2/c1-23-14-11-15(24-2)13-16(12-14)25-9-10-26-18-17(20-3-4-21-18)22-7-5-19-6-8-22;1-2-13-14(18-3-1)21-10-12(24-13)11-23-16-15(19-4-5-20-16)22-8-6-17-7-9-22/h3-4,11-13,19H,5-10H2,1-2H3;1-5,12,17H,6-11H2,(H,18,21). The molecule has 1 unspecified atom stereocenters. The Kier molecular flexibility index (Phi) is 12.3. The van der Waals surface area contributed by atoms with Crippen LogP contribution in [0.3, 0.4) is 0 Å². The first-order valence-electron chi connectivity index (χ1n) is 16.7. The lowest BCUT2D eigenvalue weighted by molar-refractivity contribution is 0.129. The van der Waals surface area contributed by atoms with E-state index in [1.165, 1.54) is 0 Å². The molecule has 0 amide bonds. The molecule has 2 fully saturated rings. The number of nitrogens with zero attached hydrogens (tertiary/aromatic N) is 7. The van der Waals surface area contributed by atoms with E-state index in [1.807, 2.05) is 12.1 Å². The molecule has 2 saturated heterocycles. The van der Waals surface area contributed by atoms with Crippen molar-refractivity contribution >= 4 is 17.5 Å². The SMILES string of the molecule is COc1cc(OC)cc(OCCOc2nccnc2N2CCNCC2)c1.c1cnc2c(c1)OC(COc1nccnc1N1CCNCC1)CN2. The van der Waals surface area contributed by atoms with Crippen LogP contribution in [0.1, 0.15) is 0 Å². The van der Waals surface area contributed by atoms with E-state index in [2.05, 4.69) is 50.7 Å². The van der Waals surface area contributed by atoms with Gasteiger partial charge in [-0.2, -0.15) is 0 Å². The van der Waals surface area contributed by atoms with E-state index in [1.54, 1.807) is 63.4 Å². The van der Waals surface area contributed by atoms with Crippen LogP contribution in [0.2, 0.25) is 0 Å². The molecule has 0 spiro atoms. The van der Waals surface area contributed by atoms with E-state index in [9.17, 15) is 0 Å². The molecule has 6 heterocycles. The van der Waals surface area contributed by atoms with Crippen LogP contribution in [-0.4, -0.2) is 124 Å². The number of fused-ring (bicyclic) bond motifs is 1. The average Bonchev–Trinajstić information content (AvgIpc) is 3.19. The molecule has 4 aromatic rings. The summed E-state index contributed by atoms with van der Waals surface area (Å²) in [5, 5.41) is 9.91. The van der Waals surface area contributed by atoms with Crippen LogP contribution in [0.25, 0.3) is 0 Å². The van der Waals surface area contributed by atoms with Crippen molar-refractivity contribution in [1.29, 1.82) is 0 Å². The summed E-state index contributed by atoms with van der Waals surface area (Å²) in [6.45, 7) is 9.07. The van der Waals surface area contributed by atoms with E-state index >= 15 is 0 Å². The molecule has 1 atom stereocenters. The summed E-state index contributed by atoms with van der Waals surface area (Å²) in [5.41, 5.74) is 0. The van der Waals surface area contributed by atoms with Gasteiger partial charge < -0.3 is 54.2 Å². The van der Waals surface area contributed by atoms with Crippen LogP contribution in [-0.2, 0) is 0 Å². The summed E-state index contributed by atoms with van der Waals surface area (Å²) in [6, 6.07) is 9.15. The van der Waals surface area contributed by atoms with Crippen LogP contribution in [0, 0.1) is 0 Å². The topological polar surface area (TPSA) is 162 Å². The van der Waals surface area contributed by atoms with Gasteiger partial charge in [0.25, 0.3) is 11.8 Å². The zero-order valence-electron chi connectivity index (χ0n) is 28.4. The summed E-state index contributed by atoms with van der Waals surface area (Å²) in [5.74, 6) is 6.19. The number of rotatable bonds is 12. The van der Waals surface area contributed by atoms with Crippen molar-refractivity contribution in [3.05, 3.63) is 61.3 Å². The maximum atomic E-state index is 5.92. The van der Waals surface area contributed by atoms with Crippen LogP contribution in [0.4, 0.5) is 17.5 Å². The average molecular weight is 689 g/mol. The monoisotopic (exact) mass is 688 g/mol. The van der Waals surface area contributed by atoms with E-state index in [0.29, 0.717) is 55.4 Å². The Hall–Kier alpha value is -5.35. The third kappa shape index (κ3) is 9.41. The number of benzene rings is 1. The Morgan fingerprint density at radius 2 is 1.24 bits per heavy atom. The highest BCUT2D eigenvalue weighted by molar-refractivity contribution is 5.52. The molecule has 0 saturated carbocycles. The molecule has 266 valence electrons. The van der Waals surface area contributed by atoms with E-state index in [4.69, 9.17) is 28.4 Å². The molecule has 0 bridgehead atoms. The maximum Gasteiger partial charge on any atom is 0.257 e. The third-order valence-corrected chi connectivity index (χ3v) is 8.01. The minimum atomic E-state index is -0.0976. The number of aromatic nitrogens is 5. The van der Waals surface area contributed by atoms with Crippen molar-refractivity contribution in [3.63, 3.8) is 0 Å². The zero-order chi connectivity index (χ0) is 34.4. The molecule has 3 aliphatic heterocycles. The van der Waals surface area contributed by atoms with Gasteiger partial charge in [-0.05, 0) is 12.1 Å². The number of piperazine rings is 2. The first-order valence-corrected chi connectivity index (χ1v) is 16.7. The molecule has 16 heteroatoms. The molecule has 3 aliphatic rings. The fourth-order valence-corrected chi connectivity index (χ4v) is 5.50. The number of ether oxygens (including phenoxy) is 6. The molecule has 3 aromatic heterocycles. The van der Waals surface area contributed by atoms with Gasteiger partial charge in [-0.3, -0.25) is 0 Å². The molecule has 0 radical (unpaired) electrons. The predicted molar refractivity (Wildman–Crippen MR) is 187 cm³/mol. The molecular formula is C34H44N10O6. The lowest BCUT2D eigenvalue weighted by Crippen LogP contribution is -2.44. The van der Waals surface area contributed by atoms with Crippen molar-refractivity contribution in [2.75, 3.05) is 108 Å². The van der Waals surface area contributed by atoms with Gasteiger partial charge in [0.2, 0.25) is 0 Å². The van der Waals surface area contributed by atoms with Gasteiger partial charge in [0.05, 0.1) is 20.8 Å².